The number of carbonyl (C=O) groups is 1. The second kappa shape index (κ2) is 5.91. The summed E-state index contributed by atoms with van der Waals surface area (Å²) in [5, 5.41) is 8.97. The summed E-state index contributed by atoms with van der Waals surface area (Å²) in [5.41, 5.74) is 0.292. The molecule has 0 rings (SSSR count). The monoisotopic (exact) mass is 213 g/mol. The van der Waals surface area contributed by atoms with Crippen LogP contribution in [0.5, 0.6) is 0 Å². The molecule has 1 atom stereocenters. The van der Waals surface area contributed by atoms with E-state index in [1.807, 2.05) is 6.92 Å². The molecule has 0 aliphatic heterocycles. The van der Waals surface area contributed by atoms with Crippen LogP contribution in [-0.2, 0) is 4.79 Å². The molecule has 0 spiro atoms. The average molecular weight is 213 g/mol. The summed E-state index contributed by atoms with van der Waals surface area (Å²) in [6, 6.07) is 0.583. The summed E-state index contributed by atoms with van der Waals surface area (Å²) in [6.07, 6.45) is 0.779. The van der Waals surface area contributed by atoms with Crippen molar-refractivity contribution in [3.05, 3.63) is 12.2 Å². The molecule has 0 amide bonds. The summed E-state index contributed by atoms with van der Waals surface area (Å²) < 4.78 is 0. The van der Waals surface area contributed by atoms with Crippen LogP contribution in [0.1, 0.15) is 41.0 Å². The lowest BCUT2D eigenvalue weighted by molar-refractivity contribution is -0.133. The lowest BCUT2D eigenvalue weighted by atomic mass is 10.0. The molecule has 0 saturated heterocycles. The third-order valence-electron chi connectivity index (χ3n) is 2.62. The van der Waals surface area contributed by atoms with Crippen molar-refractivity contribution in [3.63, 3.8) is 0 Å². The van der Waals surface area contributed by atoms with Gasteiger partial charge < -0.3 is 5.11 Å². The quantitative estimate of drug-likeness (QED) is 0.689. The van der Waals surface area contributed by atoms with E-state index in [0.29, 0.717) is 17.7 Å². The molecular formula is C12H23NO2. The first kappa shape index (κ1) is 14.2. The van der Waals surface area contributed by atoms with Gasteiger partial charge in [-0.15, -0.1) is 0 Å². The maximum Gasteiger partial charge on any atom is 0.332 e. The molecule has 0 aromatic heterocycles. The minimum Gasteiger partial charge on any atom is -0.478 e. The Labute approximate surface area is 92.8 Å². The van der Waals surface area contributed by atoms with Crippen LogP contribution in [0.2, 0.25) is 0 Å². The fraction of sp³-hybridized carbons (Fsp3) is 0.750. The van der Waals surface area contributed by atoms with Crippen molar-refractivity contribution in [2.24, 2.45) is 0 Å². The Hall–Kier alpha value is -0.830. The number of hydrogen-bond donors (Lipinski definition) is 1. The molecule has 0 aliphatic carbocycles. The van der Waals surface area contributed by atoms with Crippen LogP contribution in [0.3, 0.4) is 0 Å². The molecular weight excluding hydrogens is 190 g/mol. The molecule has 1 unspecified atom stereocenters. The highest BCUT2D eigenvalue weighted by atomic mass is 16.4. The van der Waals surface area contributed by atoms with Crippen molar-refractivity contribution in [1.82, 2.24) is 4.90 Å². The third-order valence-corrected chi connectivity index (χ3v) is 2.62. The molecule has 0 aromatic carbocycles. The second-order valence-electron chi connectivity index (χ2n) is 4.39. The number of carboxylic acid groups (broad SMARTS) is 1. The molecule has 0 radical (unpaired) electrons. The first-order valence-corrected chi connectivity index (χ1v) is 5.52. The van der Waals surface area contributed by atoms with Crippen LogP contribution in [0, 0.1) is 0 Å². The van der Waals surface area contributed by atoms with Gasteiger partial charge in [-0.3, -0.25) is 4.90 Å². The Bertz CT molecular complexity index is 226. The predicted octanol–water partition coefficient (Wildman–Crippen LogP) is 2.52. The van der Waals surface area contributed by atoms with Crippen molar-refractivity contribution in [2.75, 3.05) is 0 Å². The number of hydrogen-bond acceptors (Lipinski definition) is 2. The van der Waals surface area contributed by atoms with Gasteiger partial charge in [0.2, 0.25) is 0 Å². The highest BCUT2D eigenvalue weighted by molar-refractivity contribution is 5.87. The molecule has 88 valence electrons. The number of nitrogens with zero attached hydrogens (tertiary/aromatic N) is 1. The van der Waals surface area contributed by atoms with Gasteiger partial charge >= 0.3 is 5.97 Å². The highest BCUT2D eigenvalue weighted by Gasteiger charge is 2.27. The third kappa shape index (κ3) is 3.67. The minimum absolute atomic E-state index is 0.0671. The maximum atomic E-state index is 10.9. The molecule has 15 heavy (non-hydrogen) atoms. The summed E-state index contributed by atoms with van der Waals surface area (Å²) in [7, 11) is 0. The van der Waals surface area contributed by atoms with Crippen LogP contribution >= 0.6 is 0 Å². The molecule has 3 nitrogen and oxygen atoms in total. The van der Waals surface area contributed by atoms with Crippen LogP contribution < -0.4 is 0 Å². The van der Waals surface area contributed by atoms with E-state index < -0.39 is 5.97 Å². The first-order chi connectivity index (χ1) is 6.82. The molecule has 0 fully saturated rings. The van der Waals surface area contributed by atoms with Crippen LogP contribution in [0.15, 0.2) is 12.2 Å². The predicted molar refractivity (Wildman–Crippen MR) is 63.0 cm³/mol. The summed E-state index contributed by atoms with van der Waals surface area (Å²) in [6.45, 7) is 14.0. The van der Waals surface area contributed by atoms with E-state index in [0.717, 1.165) is 6.42 Å². The van der Waals surface area contributed by atoms with Gasteiger partial charge in [-0.05, 0) is 34.1 Å². The van der Waals surface area contributed by atoms with E-state index in [1.165, 1.54) is 0 Å². The van der Waals surface area contributed by atoms with Gasteiger partial charge in [0.05, 0.1) is 0 Å². The summed E-state index contributed by atoms with van der Waals surface area (Å²) >= 11 is 0. The molecule has 0 aromatic rings. The van der Waals surface area contributed by atoms with Gasteiger partial charge in [-0.2, -0.15) is 0 Å². The van der Waals surface area contributed by atoms with E-state index in [9.17, 15) is 4.79 Å². The Balaban J connectivity index is 4.90. The van der Waals surface area contributed by atoms with Crippen molar-refractivity contribution < 1.29 is 9.90 Å². The maximum absolute atomic E-state index is 10.9. The number of carboxylic acids is 1. The Morgan fingerprint density at radius 1 is 1.27 bits per heavy atom. The second-order valence-corrected chi connectivity index (χ2v) is 4.39. The van der Waals surface area contributed by atoms with Crippen LogP contribution in [0.25, 0.3) is 0 Å². The van der Waals surface area contributed by atoms with Gasteiger partial charge in [0.1, 0.15) is 0 Å². The van der Waals surface area contributed by atoms with Crippen molar-refractivity contribution in [3.8, 4) is 0 Å². The van der Waals surface area contributed by atoms with E-state index in [2.05, 4.69) is 39.2 Å². The van der Waals surface area contributed by atoms with Crippen molar-refractivity contribution in [1.29, 1.82) is 0 Å². The topological polar surface area (TPSA) is 40.5 Å². The Morgan fingerprint density at radius 3 is 1.87 bits per heavy atom. The van der Waals surface area contributed by atoms with Gasteiger partial charge in [0, 0.05) is 23.7 Å². The molecule has 0 aliphatic rings. The smallest absolute Gasteiger partial charge is 0.332 e. The lowest BCUT2D eigenvalue weighted by Crippen LogP contribution is -2.46. The van der Waals surface area contributed by atoms with E-state index in [4.69, 9.17) is 5.11 Å². The SMILES string of the molecule is C=C(C(=O)O)C(CC)N(C(C)C)C(C)C. The Kier molecular flexibility index (Phi) is 5.58. The summed E-state index contributed by atoms with van der Waals surface area (Å²) in [4.78, 5) is 13.1. The zero-order chi connectivity index (χ0) is 12.2. The van der Waals surface area contributed by atoms with Crippen molar-refractivity contribution >= 4 is 5.97 Å². The standard InChI is InChI=1S/C12H23NO2/c1-7-11(10(6)12(14)15)13(8(2)3)9(4)5/h8-9,11H,6-7H2,1-5H3,(H,14,15). The van der Waals surface area contributed by atoms with E-state index in [1.54, 1.807) is 0 Å². The highest BCUT2D eigenvalue weighted by Crippen LogP contribution is 2.19. The van der Waals surface area contributed by atoms with Crippen molar-refractivity contribution in [2.45, 2.75) is 59.2 Å². The minimum atomic E-state index is -0.895. The molecule has 3 heteroatoms. The first-order valence-electron chi connectivity index (χ1n) is 5.52. The van der Waals surface area contributed by atoms with Gasteiger partial charge in [0.25, 0.3) is 0 Å². The number of rotatable bonds is 6. The van der Waals surface area contributed by atoms with Crippen LogP contribution in [0.4, 0.5) is 0 Å². The van der Waals surface area contributed by atoms with Gasteiger partial charge in [-0.25, -0.2) is 4.79 Å². The largest absolute Gasteiger partial charge is 0.478 e. The van der Waals surface area contributed by atoms with Crippen LogP contribution in [-0.4, -0.2) is 34.1 Å². The van der Waals surface area contributed by atoms with E-state index >= 15 is 0 Å². The lowest BCUT2D eigenvalue weighted by Gasteiger charge is -2.37. The van der Waals surface area contributed by atoms with E-state index in [-0.39, 0.29) is 6.04 Å². The zero-order valence-corrected chi connectivity index (χ0v) is 10.4. The molecule has 0 bridgehead atoms. The Morgan fingerprint density at radius 2 is 1.67 bits per heavy atom. The normalized spacial score (nSPS) is 13.6. The zero-order valence-electron chi connectivity index (χ0n) is 10.4. The molecule has 0 saturated carbocycles. The van der Waals surface area contributed by atoms with Gasteiger partial charge in [0.15, 0.2) is 0 Å². The molecule has 1 N–H and O–H groups in total. The fourth-order valence-electron chi connectivity index (χ4n) is 2.10. The molecule has 0 heterocycles. The summed E-state index contributed by atoms with van der Waals surface area (Å²) in [5.74, 6) is -0.895. The average Bonchev–Trinajstić information content (AvgIpc) is 2.10. The fourth-order valence-corrected chi connectivity index (χ4v) is 2.10. The number of aliphatic carboxylic acids is 1. The van der Waals surface area contributed by atoms with Gasteiger partial charge in [-0.1, -0.05) is 13.5 Å².